The molecule has 4 heteroatoms. The van der Waals surface area contributed by atoms with Crippen molar-refractivity contribution in [2.75, 3.05) is 20.3 Å². The van der Waals surface area contributed by atoms with Crippen molar-refractivity contribution >= 4 is 29.4 Å². The van der Waals surface area contributed by atoms with Crippen LogP contribution in [0.2, 0.25) is 28.9 Å². The van der Waals surface area contributed by atoms with E-state index in [4.69, 9.17) is 5.11 Å². The van der Waals surface area contributed by atoms with E-state index < -0.39 is 0 Å². The Hall–Kier alpha value is 0.985. The van der Waals surface area contributed by atoms with E-state index in [0.717, 1.165) is 15.2 Å². The van der Waals surface area contributed by atoms with E-state index in [2.05, 4.69) is 33.7 Å². The minimum atomic E-state index is -0.139. The molecule has 0 unspecified atom stereocenters. The first-order valence-corrected chi connectivity index (χ1v) is 10.3. The summed E-state index contributed by atoms with van der Waals surface area (Å²) in [6.07, 6.45) is 0. The quantitative estimate of drug-likeness (QED) is 0.479. The average molecular weight is 207 g/mol. The lowest BCUT2D eigenvalue weighted by atomic mass is 10.8. The molecule has 75 valence electrons. The van der Waals surface area contributed by atoms with Gasteiger partial charge in [-0.3, -0.25) is 26.8 Å². The lowest BCUT2D eigenvalue weighted by Gasteiger charge is -1.87. The predicted octanol–water partition coefficient (Wildman–Crippen LogP) is 1.03. The number of ether oxygens (including phenoxy) is 1. The van der Waals surface area contributed by atoms with E-state index in [9.17, 15) is 0 Å². The highest BCUT2D eigenvalue weighted by atomic mass is 27.2. The molecular weight excluding hydrogens is 182 g/mol. The molecule has 12 heavy (non-hydrogen) atoms. The predicted molar refractivity (Wildman–Crippen MR) is 62.3 cm³/mol. The zero-order valence-corrected chi connectivity index (χ0v) is 11.8. The highest BCUT2D eigenvalue weighted by Gasteiger charge is 1.76. The van der Waals surface area contributed by atoms with Gasteiger partial charge in [-0.05, 0) is 14.1 Å². The van der Waals surface area contributed by atoms with Gasteiger partial charge < -0.3 is 9.84 Å². The van der Waals surface area contributed by atoms with Crippen LogP contribution < -0.4 is 0 Å². The van der Waals surface area contributed by atoms with Crippen LogP contribution in [-0.2, 0) is 0 Å². The van der Waals surface area contributed by atoms with Gasteiger partial charge in [0.15, 0.2) is 0 Å². The molecular formula is C8H25Al2O2. The Bertz CT molecular complexity index is 47.6. The second-order valence-electron chi connectivity index (χ2n) is 3.10. The lowest BCUT2D eigenvalue weighted by molar-refractivity contribution is -0.00901. The molecule has 3 radical (unpaired) electrons. The molecule has 0 heterocycles. The van der Waals surface area contributed by atoms with E-state index in [1.165, 1.54) is 0 Å². The summed E-state index contributed by atoms with van der Waals surface area (Å²) in [5.74, 6) is 11.3. The number of rotatable bonds is 2. The van der Waals surface area contributed by atoms with E-state index in [1.54, 1.807) is 7.11 Å². The Balaban J connectivity index is -0.000000105. The van der Waals surface area contributed by atoms with E-state index in [0.29, 0.717) is 13.2 Å². The highest BCUT2D eigenvalue weighted by Crippen LogP contribution is 1.68. The van der Waals surface area contributed by atoms with Gasteiger partial charge in [0.1, 0.15) is 7.11 Å². The molecule has 0 aliphatic carbocycles. The Kier molecular flexibility index (Phi) is 35.4. The first-order valence-electron chi connectivity index (χ1n) is 4.50. The summed E-state index contributed by atoms with van der Waals surface area (Å²) in [5.41, 5.74) is 0. The van der Waals surface area contributed by atoms with Crippen LogP contribution in [0.3, 0.4) is 0 Å². The highest BCUT2D eigenvalue weighted by molar-refractivity contribution is 6.54. The molecule has 0 bridgehead atoms. The van der Waals surface area contributed by atoms with E-state index in [-0.39, 0.29) is 14.1 Å². The molecule has 0 amide bonds. The Morgan fingerprint density at radius 3 is 1.50 bits per heavy atom. The van der Waals surface area contributed by atoms with Crippen LogP contribution in [0.4, 0.5) is 0 Å². The minimum Gasteiger partial charge on any atom is -0.440 e. The molecule has 2 nitrogen and oxygen atoms in total. The van der Waals surface area contributed by atoms with E-state index in [1.807, 2.05) is 0 Å². The molecule has 0 fully saturated rings. The molecule has 0 saturated carbocycles. The van der Waals surface area contributed by atoms with E-state index >= 15 is 0 Å². The zero-order valence-electron chi connectivity index (χ0n) is 9.52. The topological polar surface area (TPSA) is 35.7 Å². The third kappa shape index (κ3) is 123. The SMILES string of the molecule is C[OH+]CC[OH2+].[CH3][Al-]([CH3])[CH3].[CH3][Al-][CH3]. The molecule has 0 aromatic carbocycles. The summed E-state index contributed by atoms with van der Waals surface area (Å²) in [5, 5.41) is 6.51. The largest absolute Gasteiger partial charge is 0.440 e. The van der Waals surface area contributed by atoms with Gasteiger partial charge in [-0.1, -0.05) is 0 Å². The molecule has 0 aliphatic rings. The van der Waals surface area contributed by atoms with Gasteiger partial charge in [0.25, 0.3) is 0 Å². The zero-order chi connectivity index (χ0) is 10.4. The van der Waals surface area contributed by atoms with Crippen LogP contribution in [0, 0.1) is 0 Å². The first kappa shape index (κ1) is 18.7. The fourth-order valence-corrected chi connectivity index (χ4v) is 0.112. The lowest BCUT2D eigenvalue weighted by Crippen LogP contribution is -1.96. The normalized spacial score (nSPS) is 8.00. The molecule has 0 spiro atoms. The van der Waals surface area contributed by atoms with Gasteiger partial charge in [0.2, 0.25) is 13.2 Å². The third-order valence-electron chi connectivity index (χ3n) is 0.335. The van der Waals surface area contributed by atoms with Gasteiger partial charge in [-0.25, -0.2) is 17.4 Å². The summed E-state index contributed by atoms with van der Waals surface area (Å²) < 4.78 is 3.67. The molecule has 0 aliphatic heterocycles. The average Bonchev–Trinajstić information content (AvgIpc) is 1.89. The molecule has 0 aromatic heterocycles. The maximum atomic E-state index is 6.51. The Labute approximate surface area is 88.4 Å². The fourth-order valence-electron chi connectivity index (χ4n) is 0.112. The van der Waals surface area contributed by atoms with Gasteiger partial charge >= 0.3 is 0 Å². The van der Waals surface area contributed by atoms with Crippen molar-refractivity contribution in [1.82, 2.24) is 0 Å². The summed E-state index contributed by atoms with van der Waals surface area (Å²) >= 11 is 0.611. The van der Waals surface area contributed by atoms with Crippen LogP contribution in [0.1, 0.15) is 0 Å². The number of aliphatic hydroxyl groups is 2. The smallest absolute Gasteiger partial charge is 0.214 e. The van der Waals surface area contributed by atoms with Crippen molar-refractivity contribution in [3.05, 3.63) is 0 Å². The molecule has 0 saturated heterocycles. The fraction of sp³-hybridized carbons (Fsp3) is 1.00. The summed E-state index contributed by atoms with van der Waals surface area (Å²) in [6, 6.07) is 0. The van der Waals surface area contributed by atoms with Crippen molar-refractivity contribution in [1.29, 1.82) is 0 Å². The minimum absolute atomic E-state index is 0.139. The monoisotopic (exact) mass is 207 g/mol. The molecule has 0 rings (SSSR count). The van der Waals surface area contributed by atoms with Crippen LogP contribution in [0.5, 0.6) is 0 Å². The maximum absolute atomic E-state index is 6.51. The molecule has 0 aromatic rings. The van der Waals surface area contributed by atoms with Crippen LogP contribution in [0.25, 0.3) is 0 Å². The molecule has 3 N–H and O–H groups in total. The Morgan fingerprint density at radius 1 is 1.25 bits per heavy atom. The summed E-state index contributed by atoms with van der Waals surface area (Å²) in [7, 11) is 1.72. The Morgan fingerprint density at radius 2 is 1.50 bits per heavy atom. The van der Waals surface area contributed by atoms with Crippen LogP contribution >= 0.6 is 0 Å². The number of hydrogen-bond donors (Lipinski definition) is 0. The standard InChI is InChI=1S/C3H8O2.5CH3.2Al/c1-5-3-2-4;;;;;;;/h4H,2-3H2,1H3;5*1H3;;/q;;;;;;2*-1/p+2. The van der Waals surface area contributed by atoms with Gasteiger partial charge in [0, 0.05) is 0 Å². The summed E-state index contributed by atoms with van der Waals surface area (Å²) in [6.45, 7) is 1.11. The second kappa shape index (κ2) is 22.7. The van der Waals surface area contributed by atoms with Crippen molar-refractivity contribution in [2.45, 2.75) is 28.9 Å². The van der Waals surface area contributed by atoms with Crippen LogP contribution in [0.15, 0.2) is 0 Å². The third-order valence-corrected chi connectivity index (χ3v) is 0.335. The van der Waals surface area contributed by atoms with Gasteiger partial charge in [-0.2, -0.15) is 0 Å². The maximum Gasteiger partial charge on any atom is 0.214 e. The van der Waals surface area contributed by atoms with Crippen molar-refractivity contribution < 1.29 is 9.84 Å². The van der Waals surface area contributed by atoms with Gasteiger partial charge in [0.05, 0.1) is 0 Å². The second-order valence-corrected chi connectivity index (χ2v) is 7.72. The number of hydrogen-bond acceptors (Lipinski definition) is 0. The van der Waals surface area contributed by atoms with Gasteiger partial charge in [-0.15, -0.1) is 0 Å². The van der Waals surface area contributed by atoms with Crippen molar-refractivity contribution in [3.63, 3.8) is 0 Å². The first-order chi connectivity index (χ1) is 5.56. The summed E-state index contributed by atoms with van der Waals surface area (Å²) in [4.78, 5) is 0. The van der Waals surface area contributed by atoms with Crippen molar-refractivity contribution in [2.24, 2.45) is 0 Å². The van der Waals surface area contributed by atoms with Crippen molar-refractivity contribution in [3.8, 4) is 0 Å². The molecule has 0 atom stereocenters. The van der Waals surface area contributed by atoms with Crippen LogP contribution in [-0.4, -0.2) is 59.5 Å².